The molecule has 0 saturated carbocycles. The predicted molar refractivity (Wildman–Crippen MR) is 139 cm³/mol. The number of ether oxygens (including phenoxy) is 2. The van der Waals surface area contributed by atoms with Gasteiger partial charge in [-0.05, 0) is 50.2 Å². The van der Waals surface area contributed by atoms with Crippen LogP contribution in [0.15, 0.2) is 54.0 Å². The second kappa shape index (κ2) is 10.3. The third-order valence-electron chi connectivity index (χ3n) is 6.10. The van der Waals surface area contributed by atoms with Crippen LogP contribution in [0.25, 0.3) is 21.3 Å². The van der Waals surface area contributed by atoms with Crippen molar-refractivity contribution in [3.8, 4) is 22.6 Å². The molecule has 1 saturated heterocycles. The van der Waals surface area contributed by atoms with E-state index in [-0.39, 0.29) is 11.9 Å². The standard InChI is InChI=1S/C26H27N5O3S/c1-33-21-6-4-3-5-18(21)19-15-35-23-14-28-26(31-24(19)23)30-20-8-7-16(13-22(20)34-2)25(32)29-17-9-11-27-12-10-17/h3-8,13-15,17,27H,9-12H2,1-2H3,(H,29,32)(H,28,30,31). The van der Waals surface area contributed by atoms with Crippen LogP contribution in [0.4, 0.5) is 11.6 Å². The Kier molecular flexibility index (Phi) is 6.78. The van der Waals surface area contributed by atoms with E-state index >= 15 is 0 Å². The van der Waals surface area contributed by atoms with Gasteiger partial charge in [0.05, 0.1) is 36.3 Å². The Labute approximate surface area is 207 Å². The normalized spacial score (nSPS) is 14.0. The average molecular weight is 490 g/mol. The molecule has 0 unspecified atom stereocenters. The second-order valence-electron chi connectivity index (χ2n) is 8.29. The molecule has 5 rings (SSSR count). The van der Waals surface area contributed by atoms with Crippen LogP contribution < -0.4 is 25.4 Å². The smallest absolute Gasteiger partial charge is 0.251 e. The SMILES string of the molecule is COc1cc(C(=O)NC2CCNCC2)ccc1Nc1ncc2scc(-c3ccccc3OC)c2n1. The zero-order valence-corrected chi connectivity index (χ0v) is 20.4. The molecule has 2 aromatic heterocycles. The lowest BCUT2D eigenvalue weighted by atomic mass is 10.1. The molecule has 35 heavy (non-hydrogen) atoms. The lowest BCUT2D eigenvalue weighted by molar-refractivity contribution is 0.0929. The lowest BCUT2D eigenvalue weighted by Gasteiger charge is -2.23. The van der Waals surface area contributed by atoms with E-state index in [4.69, 9.17) is 14.5 Å². The first kappa shape index (κ1) is 23.1. The Balaban J connectivity index is 1.40. The molecule has 1 fully saturated rings. The van der Waals surface area contributed by atoms with E-state index < -0.39 is 0 Å². The maximum Gasteiger partial charge on any atom is 0.251 e. The number of thiophene rings is 1. The van der Waals surface area contributed by atoms with Crippen molar-refractivity contribution in [3.63, 3.8) is 0 Å². The lowest BCUT2D eigenvalue weighted by Crippen LogP contribution is -2.42. The summed E-state index contributed by atoms with van der Waals surface area (Å²) in [4.78, 5) is 22.0. The van der Waals surface area contributed by atoms with Gasteiger partial charge >= 0.3 is 0 Å². The number of benzene rings is 2. The third kappa shape index (κ3) is 4.91. The highest BCUT2D eigenvalue weighted by Crippen LogP contribution is 2.38. The fraction of sp³-hybridized carbons (Fsp3) is 0.269. The van der Waals surface area contributed by atoms with Gasteiger partial charge in [0.15, 0.2) is 0 Å². The summed E-state index contributed by atoms with van der Waals surface area (Å²) in [5.41, 5.74) is 4.05. The molecule has 3 heterocycles. The minimum absolute atomic E-state index is 0.0980. The molecular formula is C26H27N5O3S. The van der Waals surface area contributed by atoms with Gasteiger partial charge in [0.2, 0.25) is 5.95 Å². The number of aromatic nitrogens is 2. The molecule has 3 N–H and O–H groups in total. The number of nitrogens with zero attached hydrogens (tertiary/aromatic N) is 2. The first-order chi connectivity index (χ1) is 17.2. The van der Waals surface area contributed by atoms with Crippen molar-refractivity contribution in [2.75, 3.05) is 32.6 Å². The molecule has 1 amide bonds. The van der Waals surface area contributed by atoms with Gasteiger partial charge in [-0.2, -0.15) is 0 Å². The minimum atomic E-state index is -0.0980. The topological polar surface area (TPSA) is 97.4 Å². The van der Waals surface area contributed by atoms with Crippen LogP contribution >= 0.6 is 11.3 Å². The van der Waals surface area contributed by atoms with Crippen LogP contribution in [0.2, 0.25) is 0 Å². The molecule has 1 aliphatic heterocycles. The van der Waals surface area contributed by atoms with Crippen LogP contribution in [0.5, 0.6) is 11.5 Å². The maximum atomic E-state index is 12.8. The molecule has 1 aliphatic rings. The Hall–Kier alpha value is -3.69. The fourth-order valence-corrected chi connectivity index (χ4v) is 5.10. The number of hydrogen-bond donors (Lipinski definition) is 3. The van der Waals surface area contributed by atoms with Gasteiger partial charge in [-0.1, -0.05) is 18.2 Å². The number of amides is 1. The van der Waals surface area contributed by atoms with Gasteiger partial charge < -0.3 is 25.4 Å². The molecule has 0 spiro atoms. The molecule has 9 heteroatoms. The minimum Gasteiger partial charge on any atom is -0.496 e. The summed E-state index contributed by atoms with van der Waals surface area (Å²) in [5, 5.41) is 11.7. The Morgan fingerprint density at radius 2 is 1.86 bits per heavy atom. The van der Waals surface area contributed by atoms with E-state index in [9.17, 15) is 4.79 Å². The molecule has 0 radical (unpaired) electrons. The number of carbonyl (C=O) groups is 1. The summed E-state index contributed by atoms with van der Waals surface area (Å²) in [6, 6.07) is 13.4. The average Bonchev–Trinajstić information content (AvgIpc) is 3.32. The highest BCUT2D eigenvalue weighted by atomic mass is 32.1. The number of piperidine rings is 1. The van der Waals surface area contributed by atoms with Gasteiger partial charge in [-0.15, -0.1) is 11.3 Å². The predicted octanol–water partition coefficient (Wildman–Crippen LogP) is 4.60. The van der Waals surface area contributed by atoms with Gasteiger partial charge in [0, 0.05) is 28.1 Å². The van der Waals surface area contributed by atoms with Gasteiger partial charge in [0.25, 0.3) is 5.91 Å². The molecule has 180 valence electrons. The summed E-state index contributed by atoms with van der Waals surface area (Å²) in [7, 11) is 3.25. The zero-order valence-electron chi connectivity index (χ0n) is 19.6. The summed E-state index contributed by atoms with van der Waals surface area (Å²) < 4.78 is 12.1. The van der Waals surface area contributed by atoms with Crippen molar-refractivity contribution in [2.45, 2.75) is 18.9 Å². The molecule has 0 aliphatic carbocycles. The first-order valence-electron chi connectivity index (χ1n) is 11.5. The van der Waals surface area contributed by atoms with Gasteiger partial charge in [-0.25, -0.2) is 9.97 Å². The van der Waals surface area contributed by atoms with Gasteiger partial charge in [0.1, 0.15) is 11.5 Å². The molecule has 0 bridgehead atoms. The van der Waals surface area contributed by atoms with E-state index in [2.05, 4.69) is 26.3 Å². The van der Waals surface area contributed by atoms with Crippen LogP contribution in [0.1, 0.15) is 23.2 Å². The van der Waals surface area contributed by atoms with Crippen LogP contribution in [0.3, 0.4) is 0 Å². The van der Waals surface area contributed by atoms with E-state index in [1.54, 1.807) is 37.7 Å². The quantitative estimate of drug-likeness (QED) is 0.349. The third-order valence-corrected chi connectivity index (χ3v) is 7.00. The van der Waals surface area contributed by atoms with Crippen molar-refractivity contribution in [2.24, 2.45) is 0 Å². The maximum absolute atomic E-state index is 12.8. The van der Waals surface area contributed by atoms with E-state index in [0.717, 1.165) is 53.0 Å². The van der Waals surface area contributed by atoms with E-state index in [1.165, 1.54) is 0 Å². The Morgan fingerprint density at radius 3 is 2.66 bits per heavy atom. The van der Waals surface area contributed by atoms with Crippen LogP contribution in [-0.2, 0) is 0 Å². The highest BCUT2D eigenvalue weighted by Gasteiger charge is 2.18. The molecule has 4 aromatic rings. The van der Waals surface area contributed by atoms with E-state index in [0.29, 0.717) is 22.9 Å². The van der Waals surface area contributed by atoms with Crippen LogP contribution in [-0.4, -0.2) is 49.2 Å². The number of fused-ring (bicyclic) bond motifs is 1. The second-order valence-corrected chi connectivity index (χ2v) is 9.21. The largest absolute Gasteiger partial charge is 0.496 e. The van der Waals surface area contributed by atoms with Crippen molar-refractivity contribution in [3.05, 3.63) is 59.6 Å². The van der Waals surface area contributed by atoms with E-state index in [1.807, 2.05) is 36.5 Å². The monoisotopic (exact) mass is 489 g/mol. The number of anilines is 2. The Bertz CT molecular complexity index is 1350. The molecule has 0 atom stereocenters. The van der Waals surface area contributed by atoms with Crippen molar-refractivity contribution in [1.82, 2.24) is 20.6 Å². The zero-order chi connectivity index (χ0) is 24.2. The highest BCUT2D eigenvalue weighted by molar-refractivity contribution is 7.17. The number of nitrogens with one attached hydrogen (secondary N) is 3. The number of carbonyl (C=O) groups excluding carboxylic acids is 1. The van der Waals surface area contributed by atoms with Gasteiger partial charge in [-0.3, -0.25) is 4.79 Å². The summed E-state index contributed by atoms with van der Waals surface area (Å²) in [6.07, 6.45) is 3.67. The summed E-state index contributed by atoms with van der Waals surface area (Å²) in [6.45, 7) is 1.84. The molecule has 8 nitrogen and oxygen atoms in total. The van der Waals surface area contributed by atoms with Crippen molar-refractivity contribution >= 4 is 39.1 Å². The number of para-hydroxylation sites is 1. The number of rotatable bonds is 7. The summed E-state index contributed by atoms with van der Waals surface area (Å²) >= 11 is 1.59. The molecule has 2 aromatic carbocycles. The number of methoxy groups -OCH3 is 2. The fourth-order valence-electron chi connectivity index (χ4n) is 4.24. The summed E-state index contributed by atoms with van der Waals surface area (Å²) in [5.74, 6) is 1.68. The van der Waals surface area contributed by atoms with Crippen molar-refractivity contribution in [1.29, 1.82) is 0 Å². The first-order valence-corrected chi connectivity index (χ1v) is 12.4. The number of hydrogen-bond acceptors (Lipinski definition) is 8. The van der Waals surface area contributed by atoms with Crippen molar-refractivity contribution < 1.29 is 14.3 Å². The molecular weight excluding hydrogens is 462 g/mol. The van der Waals surface area contributed by atoms with Crippen LogP contribution in [0, 0.1) is 0 Å². The Morgan fingerprint density at radius 1 is 1.06 bits per heavy atom.